The van der Waals surface area contributed by atoms with Crippen LogP contribution in [0.5, 0.6) is 0 Å². The van der Waals surface area contributed by atoms with Gasteiger partial charge in [0.2, 0.25) is 0 Å². The second kappa shape index (κ2) is 8.17. The summed E-state index contributed by atoms with van der Waals surface area (Å²) in [6.45, 7) is 9.56. The summed E-state index contributed by atoms with van der Waals surface area (Å²) < 4.78 is 22.7. The Balaban J connectivity index is 1.88. The smallest absolute Gasteiger partial charge is 0.338 e. The maximum absolute atomic E-state index is 12.5. The SMILES string of the molecule is CC(C)OC(=O)c1cccc(-n2ncc3c2CCC[C@H]3N[S@](=O)C(C)(C)C)c1. The molecule has 0 fully saturated rings. The monoisotopic (exact) mass is 403 g/mol. The molecule has 0 amide bonds. The molecule has 0 aliphatic heterocycles. The predicted molar refractivity (Wildman–Crippen MR) is 111 cm³/mol. The molecule has 1 N–H and O–H groups in total. The topological polar surface area (TPSA) is 73.2 Å². The van der Waals surface area contributed by atoms with Gasteiger partial charge in [-0.25, -0.2) is 18.4 Å². The highest BCUT2D eigenvalue weighted by molar-refractivity contribution is 7.84. The fourth-order valence-corrected chi connectivity index (χ4v) is 4.11. The van der Waals surface area contributed by atoms with Crippen molar-refractivity contribution in [1.82, 2.24) is 14.5 Å². The van der Waals surface area contributed by atoms with E-state index in [9.17, 15) is 9.00 Å². The van der Waals surface area contributed by atoms with Crippen LogP contribution in [0.1, 0.15) is 75.1 Å². The number of benzene rings is 1. The molecule has 0 spiro atoms. The van der Waals surface area contributed by atoms with E-state index in [1.807, 2.05) is 63.7 Å². The fraction of sp³-hybridized carbons (Fsp3) is 0.524. The summed E-state index contributed by atoms with van der Waals surface area (Å²) in [5.41, 5.74) is 3.52. The molecule has 0 radical (unpaired) electrons. The van der Waals surface area contributed by atoms with Gasteiger partial charge in [-0.05, 0) is 72.1 Å². The molecule has 1 heterocycles. The first-order chi connectivity index (χ1) is 13.2. The third-order valence-electron chi connectivity index (χ3n) is 4.66. The molecule has 0 saturated heterocycles. The number of hydrogen-bond donors (Lipinski definition) is 1. The van der Waals surface area contributed by atoms with Crippen LogP contribution in [0.15, 0.2) is 30.5 Å². The number of aromatic nitrogens is 2. The molecule has 6 nitrogen and oxygen atoms in total. The van der Waals surface area contributed by atoms with Crippen molar-refractivity contribution in [1.29, 1.82) is 0 Å². The number of carbonyl (C=O) groups excluding carboxylic acids is 1. The van der Waals surface area contributed by atoms with E-state index >= 15 is 0 Å². The Labute approximate surface area is 169 Å². The number of esters is 1. The second-order valence-electron chi connectivity index (χ2n) is 8.41. The largest absolute Gasteiger partial charge is 0.459 e. The molecule has 1 aliphatic carbocycles. The highest BCUT2D eigenvalue weighted by Crippen LogP contribution is 2.32. The zero-order valence-corrected chi connectivity index (χ0v) is 18.0. The van der Waals surface area contributed by atoms with Gasteiger partial charge in [-0.15, -0.1) is 0 Å². The third-order valence-corrected chi connectivity index (χ3v) is 6.27. The summed E-state index contributed by atoms with van der Waals surface area (Å²) in [6, 6.07) is 7.35. The summed E-state index contributed by atoms with van der Waals surface area (Å²) in [4.78, 5) is 12.2. The maximum Gasteiger partial charge on any atom is 0.338 e. The van der Waals surface area contributed by atoms with Crippen LogP contribution in [0.3, 0.4) is 0 Å². The van der Waals surface area contributed by atoms with Gasteiger partial charge in [0.1, 0.15) is 0 Å². The van der Waals surface area contributed by atoms with Crippen molar-refractivity contribution < 1.29 is 13.7 Å². The lowest BCUT2D eigenvalue weighted by molar-refractivity contribution is 0.0378. The van der Waals surface area contributed by atoms with Crippen molar-refractivity contribution in [2.45, 2.75) is 70.8 Å². The Kier molecular flexibility index (Phi) is 6.05. The molecule has 0 unspecified atom stereocenters. The molecule has 0 bridgehead atoms. The minimum absolute atomic E-state index is 0.0200. The van der Waals surface area contributed by atoms with Crippen LogP contribution in [-0.2, 0) is 22.1 Å². The van der Waals surface area contributed by atoms with Gasteiger partial charge in [-0.1, -0.05) is 6.07 Å². The van der Waals surface area contributed by atoms with E-state index in [-0.39, 0.29) is 22.9 Å². The van der Waals surface area contributed by atoms with Gasteiger partial charge in [-0.3, -0.25) is 0 Å². The Morgan fingerprint density at radius 2 is 2.11 bits per heavy atom. The summed E-state index contributed by atoms with van der Waals surface area (Å²) in [6.07, 6.45) is 4.51. The first kappa shape index (κ1) is 20.7. The minimum Gasteiger partial charge on any atom is -0.459 e. The van der Waals surface area contributed by atoms with Crippen LogP contribution in [0, 0.1) is 0 Å². The summed E-state index contributed by atoms with van der Waals surface area (Å²) in [7, 11) is -1.14. The number of hydrogen-bond acceptors (Lipinski definition) is 4. The summed E-state index contributed by atoms with van der Waals surface area (Å²) in [5, 5.41) is 4.57. The van der Waals surface area contributed by atoms with E-state index in [2.05, 4.69) is 9.82 Å². The maximum atomic E-state index is 12.5. The van der Waals surface area contributed by atoms with E-state index < -0.39 is 11.0 Å². The van der Waals surface area contributed by atoms with Gasteiger partial charge in [0.05, 0.1) is 39.3 Å². The highest BCUT2D eigenvalue weighted by atomic mass is 32.2. The normalized spacial score (nSPS) is 18.0. The molecule has 2 atom stereocenters. The predicted octanol–water partition coefficient (Wildman–Crippen LogP) is 3.87. The Hall–Kier alpha value is -1.99. The number of nitrogens with zero attached hydrogens (tertiary/aromatic N) is 2. The molecule has 3 rings (SSSR count). The number of fused-ring (bicyclic) bond motifs is 1. The number of ether oxygens (including phenoxy) is 1. The van der Waals surface area contributed by atoms with Crippen LogP contribution in [-0.4, -0.2) is 30.8 Å². The fourth-order valence-electron chi connectivity index (χ4n) is 3.25. The van der Waals surface area contributed by atoms with E-state index in [0.29, 0.717) is 5.56 Å². The van der Waals surface area contributed by atoms with E-state index in [1.54, 1.807) is 6.07 Å². The van der Waals surface area contributed by atoms with Crippen LogP contribution in [0.4, 0.5) is 0 Å². The van der Waals surface area contributed by atoms with E-state index in [0.717, 1.165) is 36.2 Å². The quantitative estimate of drug-likeness (QED) is 0.769. The zero-order valence-electron chi connectivity index (χ0n) is 17.2. The Morgan fingerprint density at radius 1 is 1.36 bits per heavy atom. The van der Waals surface area contributed by atoms with Crippen LogP contribution < -0.4 is 4.72 Å². The van der Waals surface area contributed by atoms with Gasteiger partial charge >= 0.3 is 5.97 Å². The molecule has 152 valence electrons. The van der Waals surface area contributed by atoms with E-state index in [4.69, 9.17) is 4.74 Å². The van der Waals surface area contributed by atoms with Crippen LogP contribution in [0.25, 0.3) is 5.69 Å². The summed E-state index contributed by atoms with van der Waals surface area (Å²) in [5.74, 6) is -0.335. The molecule has 2 aromatic rings. The van der Waals surface area contributed by atoms with Crippen molar-refractivity contribution in [3.8, 4) is 5.69 Å². The van der Waals surface area contributed by atoms with Crippen molar-refractivity contribution in [3.05, 3.63) is 47.3 Å². The van der Waals surface area contributed by atoms with Gasteiger partial charge in [-0.2, -0.15) is 5.10 Å². The highest BCUT2D eigenvalue weighted by Gasteiger charge is 2.29. The molecule has 1 aromatic heterocycles. The summed E-state index contributed by atoms with van der Waals surface area (Å²) >= 11 is 0. The molecule has 1 aliphatic rings. The van der Waals surface area contributed by atoms with Crippen molar-refractivity contribution in [3.63, 3.8) is 0 Å². The molecular weight excluding hydrogens is 374 g/mol. The van der Waals surface area contributed by atoms with Crippen molar-refractivity contribution in [2.24, 2.45) is 0 Å². The van der Waals surface area contributed by atoms with Gasteiger partial charge in [0.15, 0.2) is 0 Å². The molecule has 7 heteroatoms. The molecule has 0 saturated carbocycles. The van der Waals surface area contributed by atoms with Crippen molar-refractivity contribution >= 4 is 17.0 Å². The molecule has 28 heavy (non-hydrogen) atoms. The first-order valence-electron chi connectivity index (χ1n) is 9.73. The molecular formula is C21H29N3O3S. The minimum atomic E-state index is -1.14. The van der Waals surface area contributed by atoms with Gasteiger partial charge in [0, 0.05) is 17.3 Å². The lowest BCUT2D eigenvalue weighted by Crippen LogP contribution is -2.36. The standard InChI is InChI=1S/C21H29N3O3S/c1-14(2)27-20(25)15-8-6-9-16(12-15)24-19-11-7-10-18(17(19)13-22-24)23-28(26)21(3,4)5/h6,8-9,12-14,18,23H,7,10-11H2,1-5H3/t18-,28-/m1/s1. The average molecular weight is 404 g/mol. The number of rotatable bonds is 5. The lowest BCUT2D eigenvalue weighted by atomic mass is 9.93. The average Bonchev–Trinajstić information content (AvgIpc) is 3.05. The van der Waals surface area contributed by atoms with Gasteiger partial charge in [0.25, 0.3) is 0 Å². The van der Waals surface area contributed by atoms with Crippen LogP contribution >= 0.6 is 0 Å². The lowest BCUT2D eigenvalue weighted by Gasteiger charge is -2.27. The zero-order chi connectivity index (χ0) is 20.5. The van der Waals surface area contributed by atoms with Gasteiger partial charge < -0.3 is 4.74 Å². The Bertz CT molecular complexity index is 883. The number of nitrogens with one attached hydrogen (secondary N) is 1. The van der Waals surface area contributed by atoms with E-state index in [1.165, 1.54) is 0 Å². The Morgan fingerprint density at radius 3 is 2.79 bits per heavy atom. The molecule has 1 aromatic carbocycles. The van der Waals surface area contributed by atoms with Crippen LogP contribution in [0.2, 0.25) is 0 Å². The second-order valence-corrected chi connectivity index (χ2v) is 10.4. The number of carbonyl (C=O) groups is 1. The third kappa shape index (κ3) is 4.52. The van der Waals surface area contributed by atoms with Crippen molar-refractivity contribution in [2.75, 3.05) is 0 Å². The first-order valence-corrected chi connectivity index (χ1v) is 10.9.